The first kappa shape index (κ1) is 14.7. The van der Waals surface area contributed by atoms with Gasteiger partial charge in [-0.2, -0.15) is 0 Å². The molecule has 1 rings (SSSR count). The number of rotatable bonds is 7. The number of nitrogens with one attached hydrogen (secondary N) is 2. The summed E-state index contributed by atoms with van der Waals surface area (Å²) in [5, 5.41) is 6.67. The van der Waals surface area contributed by atoms with Crippen LogP contribution in [-0.4, -0.2) is 23.1 Å². The van der Waals surface area contributed by atoms with E-state index in [9.17, 15) is 0 Å². The van der Waals surface area contributed by atoms with Crippen LogP contribution >= 0.6 is 0 Å². The van der Waals surface area contributed by atoms with Gasteiger partial charge in [-0.3, -0.25) is 0 Å². The van der Waals surface area contributed by atoms with Crippen LogP contribution in [0.25, 0.3) is 0 Å². The molecule has 0 amide bonds. The molecule has 0 saturated carbocycles. The second-order valence-corrected chi connectivity index (χ2v) is 4.66. The SMILES string of the molecule is CCc1c(NC)ncnc1NC(C)C(CC)CC. The van der Waals surface area contributed by atoms with Crippen LogP contribution < -0.4 is 10.6 Å². The Bertz CT molecular complexity index is 361. The number of anilines is 2. The van der Waals surface area contributed by atoms with Crippen molar-refractivity contribution >= 4 is 11.6 Å². The summed E-state index contributed by atoms with van der Waals surface area (Å²) in [6.45, 7) is 8.85. The van der Waals surface area contributed by atoms with Crippen LogP contribution in [0.3, 0.4) is 0 Å². The number of nitrogens with zero attached hydrogens (tertiary/aromatic N) is 2. The van der Waals surface area contributed by atoms with E-state index in [1.807, 2.05) is 7.05 Å². The second-order valence-electron chi connectivity index (χ2n) is 4.66. The molecule has 1 aromatic rings. The first-order chi connectivity index (χ1) is 8.67. The van der Waals surface area contributed by atoms with Gasteiger partial charge in [0.05, 0.1) is 0 Å². The average molecular weight is 250 g/mol. The van der Waals surface area contributed by atoms with Gasteiger partial charge < -0.3 is 10.6 Å². The van der Waals surface area contributed by atoms with Gasteiger partial charge in [0, 0.05) is 18.7 Å². The molecule has 0 bridgehead atoms. The number of aromatic nitrogens is 2. The van der Waals surface area contributed by atoms with Gasteiger partial charge in [0.2, 0.25) is 0 Å². The normalized spacial score (nSPS) is 12.6. The van der Waals surface area contributed by atoms with Crippen LogP contribution in [0.2, 0.25) is 0 Å². The van der Waals surface area contributed by atoms with Crippen molar-refractivity contribution in [1.29, 1.82) is 0 Å². The molecule has 0 aliphatic heterocycles. The molecule has 1 atom stereocenters. The molecule has 4 heteroatoms. The molecule has 1 heterocycles. The van der Waals surface area contributed by atoms with E-state index in [1.165, 1.54) is 12.8 Å². The number of hydrogen-bond donors (Lipinski definition) is 2. The average Bonchev–Trinajstić information content (AvgIpc) is 2.39. The lowest BCUT2D eigenvalue weighted by atomic mass is 9.95. The summed E-state index contributed by atoms with van der Waals surface area (Å²) in [4.78, 5) is 8.65. The quantitative estimate of drug-likeness (QED) is 0.779. The Labute approximate surface area is 111 Å². The van der Waals surface area contributed by atoms with E-state index in [0.29, 0.717) is 12.0 Å². The van der Waals surface area contributed by atoms with Crippen LogP contribution in [0.15, 0.2) is 6.33 Å². The zero-order valence-electron chi connectivity index (χ0n) is 12.2. The van der Waals surface area contributed by atoms with Crippen LogP contribution in [-0.2, 0) is 6.42 Å². The Kier molecular flexibility index (Phi) is 5.89. The highest BCUT2D eigenvalue weighted by Gasteiger charge is 2.16. The van der Waals surface area contributed by atoms with E-state index in [4.69, 9.17) is 0 Å². The minimum absolute atomic E-state index is 0.435. The smallest absolute Gasteiger partial charge is 0.134 e. The van der Waals surface area contributed by atoms with Crippen molar-refractivity contribution in [2.75, 3.05) is 17.7 Å². The van der Waals surface area contributed by atoms with Gasteiger partial charge in [-0.1, -0.05) is 33.6 Å². The summed E-state index contributed by atoms with van der Waals surface area (Å²) in [5.74, 6) is 2.57. The van der Waals surface area contributed by atoms with E-state index in [2.05, 4.69) is 48.3 Å². The lowest BCUT2D eigenvalue weighted by Crippen LogP contribution is -2.26. The standard InChI is InChI=1S/C14H26N4/c1-6-11(7-2)10(4)18-14-12(8-3)13(15-5)16-9-17-14/h9-11H,6-8H2,1-5H3,(H2,15,16,17,18). The Hall–Kier alpha value is -1.32. The fraction of sp³-hybridized carbons (Fsp3) is 0.714. The largest absolute Gasteiger partial charge is 0.373 e. The Balaban J connectivity index is 2.89. The van der Waals surface area contributed by atoms with Crippen molar-refractivity contribution in [3.63, 3.8) is 0 Å². The predicted octanol–water partition coefficient (Wildman–Crippen LogP) is 3.32. The Morgan fingerprint density at radius 1 is 1.11 bits per heavy atom. The summed E-state index contributed by atoms with van der Waals surface area (Å²) in [5.41, 5.74) is 1.16. The van der Waals surface area contributed by atoms with E-state index < -0.39 is 0 Å². The maximum absolute atomic E-state index is 4.39. The van der Waals surface area contributed by atoms with Gasteiger partial charge in [-0.05, 0) is 19.3 Å². The highest BCUT2D eigenvalue weighted by atomic mass is 15.1. The topological polar surface area (TPSA) is 49.8 Å². The van der Waals surface area contributed by atoms with E-state index in [1.54, 1.807) is 6.33 Å². The minimum Gasteiger partial charge on any atom is -0.373 e. The summed E-state index contributed by atoms with van der Waals surface area (Å²) in [6, 6.07) is 0.435. The zero-order valence-corrected chi connectivity index (χ0v) is 12.2. The Morgan fingerprint density at radius 3 is 2.22 bits per heavy atom. The van der Waals surface area contributed by atoms with Gasteiger partial charge >= 0.3 is 0 Å². The van der Waals surface area contributed by atoms with E-state index in [0.717, 1.165) is 23.6 Å². The molecule has 102 valence electrons. The molecule has 0 aliphatic rings. The number of hydrogen-bond acceptors (Lipinski definition) is 4. The first-order valence-electron chi connectivity index (χ1n) is 6.95. The molecule has 18 heavy (non-hydrogen) atoms. The van der Waals surface area contributed by atoms with Gasteiger partial charge in [-0.25, -0.2) is 9.97 Å². The summed E-state index contributed by atoms with van der Waals surface area (Å²) < 4.78 is 0. The molecule has 0 fully saturated rings. The maximum atomic E-state index is 4.39. The molecule has 0 aromatic carbocycles. The monoisotopic (exact) mass is 250 g/mol. The van der Waals surface area contributed by atoms with Crippen molar-refractivity contribution < 1.29 is 0 Å². The lowest BCUT2D eigenvalue weighted by molar-refractivity contribution is 0.437. The fourth-order valence-electron chi connectivity index (χ4n) is 2.42. The molecular formula is C14H26N4. The van der Waals surface area contributed by atoms with Crippen LogP contribution in [0, 0.1) is 5.92 Å². The molecule has 4 nitrogen and oxygen atoms in total. The van der Waals surface area contributed by atoms with Gasteiger partial charge in [0.15, 0.2) is 0 Å². The van der Waals surface area contributed by atoms with E-state index in [-0.39, 0.29) is 0 Å². The molecule has 0 spiro atoms. The van der Waals surface area contributed by atoms with Gasteiger partial charge in [0.1, 0.15) is 18.0 Å². The molecular weight excluding hydrogens is 224 g/mol. The van der Waals surface area contributed by atoms with Crippen molar-refractivity contribution in [1.82, 2.24) is 9.97 Å². The van der Waals surface area contributed by atoms with Crippen molar-refractivity contribution in [3.8, 4) is 0 Å². The second kappa shape index (κ2) is 7.19. The van der Waals surface area contributed by atoms with Crippen LogP contribution in [0.1, 0.15) is 46.1 Å². The predicted molar refractivity (Wildman–Crippen MR) is 78.1 cm³/mol. The zero-order chi connectivity index (χ0) is 13.5. The van der Waals surface area contributed by atoms with E-state index >= 15 is 0 Å². The van der Waals surface area contributed by atoms with Gasteiger partial charge in [-0.15, -0.1) is 0 Å². The van der Waals surface area contributed by atoms with Crippen molar-refractivity contribution in [2.24, 2.45) is 5.92 Å². The highest BCUT2D eigenvalue weighted by molar-refractivity contribution is 5.57. The van der Waals surface area contributed by atoms with Crippen LogP contribution in [0.4, 0.5) is 11.6 Å². The third kappa shape index (κ3) is 3.34. The molecule has 1 aromatic heterocycles. The summed E-state index contributed by atoms with van der Waals surface area (Å²) in [6.07, 6.45) is 4.92. The highest BCUT2D eigenvalue weighted by Crippen LogP contribution is 2.23. The van der Waals surface area contributed by atoms with Crippen molar-refractivity contribution in [3.05, 3.63) is 11.9 Å². The summed E-state index contributed by atoms with van der Waals surface area (Å²) >= 11 is 0. The minimum atomic E-state index is 0.435. The fourth-order valence-corrected chi connectivity index (χ4v) is 2.42. The first-order valence-corrected chi connectivity index (χ1v) is 6.95. The summed E-state index contributed by atoms with van der Waals surface area (Å²) in [7, 11) is 1.90. The van der Waals surface area contributed by atoms with Gasteiger partial charge in [0.25, 0.3) is 0 Å². The molecule has 0 radical (unpaired) electrons. The molecule has 0 saturated heterocycles. The van der Waals surface area contributed by atoms with Crippen LogP contribution in [0.5, 0.6) is 0 Å². The lowest BCUT2D eigenvalue weighted by Gasteiger charge is -2.24. The maximum Gasteiger partial charge on any atom is 0.134 e. The Morgan fingerprint density at radius 2 is 1.72 bits per heavy atom. The third-order valence-corrected chi connectivity index (χ3v) is 3.66. The molecule has 0 aliphatic carbocycles. The molecule has 2 N–H and O–H groups in total. The van der Waals surface area contributed by atoms with Crippen molar-refractivity contribution in [2.45, 2.75) is 53.0 Å². The third-order valence-electron chi connectivity index (χ3n) is 3.66. The molecule has 1 unspecified atom stereocenters.